The van der Waals surface area contributed by atoms with Crippen LogP contribution >= 0.6 is 0 Å². The van der Waals surface area contributed by atoms with E-state index >= 15 is 0 Å². The SMILES string of the molecule is CCOc1cc(NCc2ccc(CC)cc2)c(N)cc1F. The Balaban J connectivity index is 2.09. The van der Waals surface area contributed by atoms with Crippen molar-refractivity contribution < 1.29 is 9.13 Å². The summed E-state index contributed by atoms with van der Waals surface area (Å²) in [7, 11) is 0. The van der Waals surface area contributed by atoms with E-state index in [-0.39, 0.29) is 5.75 Å². The van der Waals surface area contributed by atoms with E-state index in [0.717, 1.165) is 12.0 Å². The van der Waals surface area contributed by atoms with Gasteiger partial charge in [-0.15, -0.1) is 0 Å². The second-order valence-corrected chi connectivity index (χ2v) is 4.83. The van der Waals surface area contributed by atoms with Gasteiger partial charge in [0.05, 0.1) is 18.0 Å². The average molecular weight is 288 g/mol. The van der Waals surface area contributed by atoms with Gasteiger partial charge >= 0.3 is 0 Å². The quantitative estimate of drug-likeness (QED) is 0.790. The Hall–Kier alpha value is -2.23. The predicted octanol–water partition coefficient (Wildman–Crippen LogP) is 3.98. The Morgan fingerprint density at radius 2 is 1.76 bits per heavy atom. The summed E-state index contributed by atoms with van der Waals surface area (Å²) >= 11 is 0. The molecule has 0 saturated carbocycles. The van der Waals surface area contributed by atoms with Crippen LogP contribution in [0.4, 0.5) is 15.8 Å². The number of hydrogen-bond acceptors (Lipinski definition) is 3. The molecule has 0 radical (unpaired) electrons. The second-order valence-electron chi connectivity index (χ2n) is 4.83. The molecule has 0 fully saturated rings. The molecule has 0 heterocycles. The molecule has 3 nitrogen and oxygen atoms in total. The van der Waals surface area contributed by atoms with Gasteiger partial charge in [0, 0.05) is 18.7 Å². The first kappa shape index (κ1) is 15.2. The van der Waals surface area contributed by atoms with Gasteiger partial charge in [-0.05, 0) is 24.5 Å². The highest BCUT2D eigenvalue weighted by atomic mass is 19.1. The Labute approximate surface area is 124 Å². The van der Waals surface area contributed by atoms with Crippen molar-refractivity contribution in [3.63, 3.8) is 0 Å². The number of halogens is 1. The van der Waals surface area contributed by atoms with E-state index in [4.69, 9.17) is 10.5 Å². The summed E-state index contributed by atoms with van der Waals surface area (Å²) in [4.78, 5) is 0. The zero-order valence-corrected chi connectivity index (χ0v) is 12.4. The molecule has 0 unspecified atom stereocenters. The van der Waals surface area contributed by atoms with E-state index in [1.54, 1.807) is 6.07 Å². The van der Waals surface area contributed by atoms with Crippen LogP contribution in [0.2, 0.25) is 0 Å². The highest BCUT2D eigenvalue weighted by Crippen LogP contribution is 2.28. The summed E-state index contributed by atoms with van der Waals surface area (Å²) in [6.07, 6.45) is 1.02. The minimum absolute atomic E-state index is 0.218. The van der Waals surface area contributed by atoms with Crippen LogP contribution in [0.15, 0.2) is 36.4 Å². The molecule has 0 bridgehead atoms. The van der Waals surface area contributed by atoms with Crippen LogP contribution in [0.1, 0.15) is 25.0 Å². The lowest BCUT2D eigenvalue weighted by atomic mass is 10.1. The molecule has 0 aliphatic rings. The first-order valence-corrected chi connectivity index (χ1v) is 7.17. The minimum atomic E-state index is -0.438. The van der Waals surface area contributed by atoms with Crippen molar-refractivity contribution in [1.29, 1.82) is 0 Å². The summed E-state index contributed by atoms with van der Waals surface area (Å²) < 4.78 is 18.9. The van der Waals surface area contributed by atoms with Gasteiger partial charge in [-0.3, -0.25) is 0 Å². The highest BCUT2D eigenvalue weighted by molar-refractivity contribution is 5.68. The summed E-state index contributed by atoms with van der Waals surface area (Å²) in [5.41, 5.74) is 9.35. The molecule has 2 aromatic rings. The van der Waals surface area contributed by atoms with Crippen molar-refractivity contribution in [3.05, 3.63) is 53.3 Å². The largest absolute Gasteiger partial charge is 0.491 e. The monoisotopic (exact) mass is 288 g/mol. The standard InChI is InChI=1S/C17H21FN2O/c1-3-12-5-7-13(8-6-12)11-20-16-10-17(21-4-2)14(18)9-15(16)19/h5-10,20H,3-4,11,19H2,1-2H3. The van der Waals surface area contributed by atoms with Crippen molar-refractivity contribution in [3.8, 4) is 5.75 Å². The number of hydrogen-bond donors (Lipinski definition) is 2. The molecule has 0 aliphatic carbocycles. The minimum Gasteiger partial charge on any atom is -0.491 e. The molecule has 0 spiro atoms. The number of nitrogens with two attached hydrogens (primary N) is 1. The molecule has 0 aliphatic heterocycles. The molecule has 0 saturated heterocycles. The van der Waals surface area contributed by atoms with Gasteiger partial charge in [0.1, 0.15) is 0 Å². The Morgan fingerprint density at radius 1 is 1.10 bits per heavy atom. The van der Waals surface area contributed by atoms with Crippen molar-refractivity contribution >= 4 is 11.4 Å². The molecular weight excluding hydrogens is 267 g/mol. The number of anilines is 2. The number of aryl methyl sites for hydroxylation is 1. The van der Waals surface area contributed by atoms with E-state index in [9.17, 15) is 4.39 Å². The molecule has 4 heteroatoms. The van der Waals surface area contributed by atoms with Crippen molar-refractivity contribution in [2.45, 2.75) is 26.8 Å². The predicted molar refractivity (Wildman–Crippen MR) is 85.1 cm³/mol. The Morgan fingerprint density at radius 3 is 2.38 bits per heavy atom. The van der Waals surface area contributed by atoms with E-state index in [2.05, 4.69) is 36.5 Å². The van der Waals surface area contributed by atoms with Crippen LogP contribution in [0.25, 0.3) is 0 Å². The van der Waals surface area contributed by atoms with Crippen LogP contribution in [0.5, 0.6) is 5.75 Å². The van der Waals surface area contributed by atoms with Crippen LogP contribution in [0.3, 0.4) is 0 Å². The van der Waals surface area contributed by atoms with E-state index in [0.29, 0.717) is 24.5 Å². The average Bonchev–Trinajstić information content (AvgIpc) is 2.49. The van der Waals surface area contributed by atoms with E-state index < -0.39 is 5.82 Å². The van der Waals surface area contributed by atoms with Gasteiger partial charge in [-0.2, -0.15) is 0 Å². The summed E-state index contributed by atoms with van der Waals surface area (Å²) in [6, 6.07) is 11.3. The number of benzene rings is 2. The maximum absolute atomic E-state index is 13.6. The lowest BCUT2D eigenvalue weighted by Gasteiger charge is -2.13. The molecule has 21 heavy (non-hydrogen) atoms. The van der Waals surface area contributed by atoms with Crippen LogP contribution < -0.4 is 15.8 Å². The topological polar surface area (TPSA) is 47.3 Å². The van der Waals surface area contributed by atoms with Gasteiger partial charge in [-0.1, -0.05) is 31.2 Å². The van der Waals surface area contributed by atoms with Crippen LogP contribution in [-0.4, -0.2) is 6.61 Å². The third kappa shape index (κ3) is 3.88. The number of nitrogen functional groups attached to an aromatic ring is 1. The fourth-order valence-corrected chi connectivity index (χ4v) is 2.08. The molecule has 2 rings (SSSR count). The number of ether oxygens (including phenoxy) is 1. The summed E-state index contributed by atoms with van der Waals surface area (Å²) in [5, 5.41) is 3.22. The van der Waals surface area contributed by atoms with Crippen molar-refractivity contribution in [2.24, 2.45) is 0 Å². The van der Waals surface area contributed by atoms with Gasteiger partial charge in [0.15, 0.2) is 11.6 Å². The molecule has 112 valence electrons. The summed E-state index contributed by atoms with van der Waals surface area (Å²) in [5.74, 6) is -0.220. The van der Waals surface area contributed by atoms with Crippen LogP contribution in [-0.2, 0) is 13.0 Å². The maximum Gasteiger partial charge on any atom is 0.167 e. The fourth-order valence-electron chi connectivity index (χ4n) is 2.08. The van der Waals surface area contributed by atoms with Gasteiger partial charge in [0.25, 0.3) is 0 Å². The third-order valence-corrected chi connectivity index (χ3v) is 3.32. The van der Waals surface area contributed by atoms with Gasteiger partial charge < -0.3 is 15.8 Å². The Bertz CT molecular complexity index is 596. The number of nitrogens with one attached hydrogen (secondary N) is 1. The van der Waals surface area contributed by atoms with Crippen molar-refractivity contribution in [2.75, 3.05) is 17.7 Å². The zero-order chi connectivity index (χ0) is 15.2. The smallest absolute Gasteiger partial charge is 0.167 e. The molecule has 0 aromatic heterocycles. The molecular formula is C17H21FN2O. The number of rotatable bonds is 6. The highest BCUT2D eigenvalue weighted by Gasteiger charge is 2.08. The van der Waals surface area contributed by atoms with Crippen molar-refractivity contribution in [1.82, 2.24) is 0 Å². The normalized spacial score (nSPS) is 10.4. The molecule has 0 atom stereocenters. The lowest BCUT2D eigenvalue weighted by Crippen LogP contribution is -2.04. The first-order valence-electron chi connectivity index (χ1n) is 7.17. The lowest BCUT2D eigenvalue weighted by molar-refractivity contribution is 0.322. The maximum atomic E-state index is 13.6. The van der Waals surface area contributed by atoms with Gasteiger partial charge in [-0.25, -0.2) is 4.39 Å². The third-order valence-electron chi connectivity index (χ3n) is 3.32. The fraction of sp³-hybridized carbons (Fsp3) is 0.294. The van der Waals surface area contributed by atoms with E-state index in [1.165, 1.54) is 11.6 Å². The van der Waals surface area contributed by atoms with E-state index in [1.807, 2.05) is 6.92 Å². The molecule has 0 amide bonds. The Kier molecular flexibility index (Phi) is 5.04. The summed E-state index contributed by atoms with van der Waals surface area (Å²) in [6.45, 7) is 4.99. The second kappa shape index (κ2) is 6.97. The zero-order valence-electron chi connectivity index (χ0n) is 12.4. The molecule has 2 aromatic carbocycles. The van der Waals surface area contributed by atoms with Crippen LogP contribution in [0, 0.1) is 5.82 Å². The molecule has 3 N–H and O–H groups in total. The first-order chi connectivity index (χ1) is 10.1. The van der Waals surface area contributed by atoms with Gasteiger partial charge in [0.2, 0.25) is 0 Å².